The number of piperidine rings is 1. The summed E-state index contributed by atoms with van der Waals surface area (Å²) in [4.78, 5) is 2.74. The van der Waals surface area contributed by atoms with Crippen LogP contribution in [0.1, 0.15) is 51.5 Å². The smallest absolute Gasteiger partial charge is 0.119 e. The number of nitrogens with zero attached hydrogens (tertiary/aromatic N) is 1. The molecule has 0 spiro atoms. The number of benzene rings is 1. The van der Waals surface area contributed by atoms with Gasteiger partial charge < -0.3 is 14.8 Å². The lowest BCUT2D eigenvalue weighted by Crippen LogP contribution is -2.59. The molecule has 140 valence electrons. The largest absolute Gasteiger partial charge is 0.491 e. The lowest BCUT2D eigenvalue weighted by atomic mass is 9.86. The molecule has 1 N–H and O–H groups in total. The zero-order chi connectivity index (χ0) is 17.5. The van der Waals surface area contributed by atoms with Crippen LogP contribution in [0.25, 0.3) is 0 Å². The predicted molar refractivity (Wildman–Crippen MR) is 102 cm³/mol. The zero-order valence-corrected chi connectivity index (χ0v) is 15.9. The van der Waals surface area contributed by atoms with Gasteiger partial charge in [0.15, 0.2) is 0 Å². The lowest BCUT2D eigenvalue weighted by molar-refractivity contribution is -0.0358. The minimum Gasteiger partial charge on any atom is -0.491 e. The molecule has 0 aliphatic carbocycles. The molecule has 2 saturated heterocycles. The second-order valence-corrected chi connectivity index (χ2v) is 7.80. The van der Waals surface area contributed by atoms with Crippen LogP contribution in [0, 0.1) is 0 Å². The van der Waals surface area contributed by atoms with Crippen molar-refractivity contribution in [1.82, 2.24) is 10.2 Å². The number of rotatable bonds is 7. The van der Waals surface area contributed by atoms with Crippen LogP contribution < -0.4 is 10.1 Å². The SMILES string of the molecule is CC(C)Oc1ccc(CNCC2(N3CCCCC3)CCOCC2)cc1. The van der Waals surface area contributed by atoms with Gasteiger partial charge in [0.25, 0.3) is 0 Å². The first-order valence-electron chi connectivity index (χ1n) is 9.97. The highest BCUT2D eigenvalue weighted by atomic mass is 16.5. The number of hydrogen-bond donors (Lipinski definition) is 1. The van der Waals surface area contributed by atoms with Crippen LogP contribution >= 0.6 is 0 Å². The Morgan fingerprint density at radius 3 is 2.40 bits per heavy atom. The summed E-state index contributed by atoms with van der Waals surface area (Å²) in [6, 6.07) is 8.49. The van der Waals surface area contributed by atoms with Crippen molar-refractivity contribution in [2.75, 3.05) is 32.8 Å². The van der Waals surface area contributed by atoms with Gasteiger partial charge in [0.1, 0.15) is 5.75 Å². The second kappa shape index (κ2) is 9.02. The topological polar surface area (TPSA) is 33.7 Å². The average molecular weight is 347 g/mol. The molecule has 4 nitrogen and oxygen atoms in total. The molecule has 0 aromatic heterocycles. The van der Waals surface area contributed by atoms with Crippen molar-refractivity contribution in [3.8, 4) is 5.75 Å². The molecule has 0 amide bonds. The van der Waals surface area contributed by atoms with Gasteiger partial charge in [-0.1, -0.05) is 18.6 Å². The van der Waals surface area contributed by atoms with Gasteiger partial charge in [-0.15, -0.1) is 0 Å². The van der Waals surface area contributed by atoms with Gasteiger partial charge in [-0.2, -0.15) is 0 Å². The predicted octanol–water partition coefficient (Wildman–Crippen LogP) is 3.60. The number of hydrogen-bond acceptors (Lipinski definition) is 4. The normalized spacial score (nSPS) is 21.4. The van der Waals surface area contributed by atoms with Crippen molar-refractivity contribution in [3.63, 3.8) is 0 Å². The minimum atomic E-state index is 0.224. The van der Waals surface area contributed by atoms with Crippen molar-refractivity contribution >= 4 is 0 Å². The number of nitrogens with one attached hydrogen (secondary N) is 1. The third kappa shape index (κ3) is 5.19. The van der Waals surface area contributed by atoms with Gasteiger partial charge in [0, 0.05) is 31.8 Å². The maximum absolute atomic E-state index is 5.72. The highest BCUT2D eigenvalue weighted by Gasteiger charge is 2.38. The van der Waals surface area contributed by atoms with E-state index in [4.69, 9.17) is 9.47 Å². The van der Waals surface area contributed by atoms with Crippen molar-refractivity contribution < 1.29 is 9.47 Å². The molecule has 2 heterocycles. The Morgan fingerprint density at radius 1 is 1.08 bits per heavy atom. The van der Waals surface area contributed by atoms with E-state index in [1.165, 1.54) is 37.9 Å². The molecule has 2 aliphatic heterocycles. The monoisotopic (exact) mass is 346 g/mol. The van der Waals surface area contributed by atoms with Gasteiger partial charge in [0.2, 0.25) is 0 Å². The van der Waals surface area contributed by atoms with E-state index in [1.807, 2.05) is 0 Å². The molecular formula is C21H34N2O2. The summed E-state index contributed by atoms with van der Waals surface area (Å²) >= 11 is 0. The van der Waals surface area contributed by atoms with Crippen LogP contribution in [-0.4, -0.2) is 49.4 Å². The van der Waals surface area contributed by atoms with Gasteiger partial charge in [-0.3, -0.25) is 4.90 Å². The van der Waals surface area contributed by atoms with Gasteiger partial charge >= 0.3 is 0 Å². The molecule has 0 radical (unpaired) electrons. The summed E-state index contributed by atoms with van der Waals surface area (Å²) in [5.41, 5.74) is 1.61. The van der Waals surface area contributed by atoms with Gasteiger partial charge in [-0.25, -0.2) is 0 Å². The summed E-state index contributed by atoms with van der Waals surface area (Å²) in [6.07, 6.45) is 6.62. The summed E-state index contributed by atoms with van der Waals surface area (Å²) in [7, 11) is 0. The Morgan fingerprint density at radius 2 is 1.76 bits per heavy atom. The number of likely N-dealkylation sites (tertiary alicyclic amines) is 1. The first kappa shape index (κ1) is 18.7. The first-order chi connectivity index (χ1) is 12.2. The highest BCUT2D eigenvalue weighted by Crippen LogP contribution is 2.30. The van der Waals surface area contributed by atoms with E-state index in [-0.39, 0.29) is 6.10 Å². The van der Waals surface area contributed by atoms with Crippen molar-refractivity contribution in [2.24, 2.45) is 0 Å². The lowest BCUT2D eigenvalue weighted by Gasteiger charge is -2.48. The van der Waals surface area contributed by atoms with Crippen LogP contribution in [0.3, 0.4) is 0 Å². The molecule has 1 aromatic carbocycles. The summed E-state index contributed by atoms with van der Waals surface area (Å²) in [6.45, 7) is 10.4. The quantitative estimate of drug-likeness (QED) is 0.818. The van der Waals surface area contributed by atoms with Gasteiger partial charge in [0.05, 0.1) is 6.10 Å². The van der Waals surface area contributed by atoms with E-state index in [0.29, 0.717) is 5.54 Å². The van der Waals surface area contributed by atoms with E-state index in [2.05, 4.69) is 48.3 Å². The summed E-state index contributed by atoms with van der Waals surface area (Å²) in [5.74, 6) is 0.952. The maximum atomic E-state index is 5.72. The zero-order valence-electron chi connectivity index (χ0n) is 15.9. The van der Waals surface area contributed by atoms with Crippen LogP contribution in [0.5, 0.6) is 5.75 Å². The maximum Gasteiger partial charge on any atom is 0.119 e. The molecule has 2 aliphatic rings. The Bertz CT molecular complexity index is 503. The highest BCUT2D eigenvalue weighted by molar-refractivity contribution is 5.27. The molecule has 25 heavy (non-hydrogen) atoms. The Labute approximate surface area is 152 Å². The molecule has 0 saturated carbocycles. The Balaban J connectivity index is 1.54. The van der Waals surface area contributed by atoms with Crippen LogP contribution in [0.2, 0.25) is 0 Å². The molecule has 3 rings (SSSR count). The third-order valence-electron chi connectivity index (χ3n) is 5.53. The molecule has 0 atom stereocenters. The van der Waals surface area contributed by atoms with E-state index in [1.54, 1.807) is 0 Å². The van der Waals surface area contributed by atoms with Crippen molar-refractivity contribution in [3.05, 3.63) is 29.8 Å². The fourth-order valence-electron chi connectivity index (χ4n) is 4.12. The standard InChI is InChI=1S/C21H34N2O2/c1-18(2)25-20-8-6-19(7-9-20)16-22-17-21(10-14-24-15-11-21)23-12-4-3-5-13-23/h6-9,18,22H,3-5,10-17H2,1-2H3. The van der Waals surface area contributed by atoms with Crippen LogP contribution in [0.15, 0.2) is 24.3 Å². The first-order valence-corrected chi connectivity index (χ1v) is 9.97. The minimum absolute atomic E-state index is 0.224. The molecular weight excluding hydrogens is 312 g/mol. The van der Waals surface area contributed by atoms with E-state index in [9.17, 15) is 0 Å². The van der Waals surface area contributed by atoms with Crippen molar-refractivity contribution in [2.45, 2.75) is 64.1 Å². The molecule has 2 fully saturated rings. The van der Waals surface area contributed by atoms with E-state index in [0.717, 1.165) is 44.9 Å². The Hall–Kier alpha value is -1.10. The van der Waals surface area contributed by atoms with Crippen molar-refractivity contribution in [1.29, 1.82) is 0 Å². The van der Waals surface area contributed by atoms with Gasteiger partial charge in [-0.05, 0) is 70.3 Å². The summed E-state index contributed by atoms with van der Waals surface area (Å²) in [5, 5.41) is 3.73. The summed E-state index contributed by atoms with van der Waals surface area (Å²) < 4.78 is 11.4. The van der Waals surface area contributed by atoms with Crippen LogP contribution in [0.4, 0.5) is 0 Å². The van der Waals surface area contributed by atoms with E-state index < -0.39 is 0 Å². The Kier molecular flexibility index (Phi) is 6.74. The third-order valence-corrected chi connectivity index (χ3v) is 5.53. The molecule has 0 unspecified atom stereocenters. The molecule has 4 heteroatoms. The number of ether oxygens (including phenoxy) is 2. The molecule has 0 bridgehead atoms. The van der Waals surface area contributed by atoms with E-state index >= 15 is 0 Å². The molecule has 1 aromatic rings. The average Bonchev–Trinajstić information content (AvgIpc) is 2.64. The van der Waals surface area contributed by atoms with Crippen LogP contribution in [-0.2, 0) is 11.3 Å². The fourth-order valence-corrected chi connectivity index (χ4v) is 4.12. The fraction of sp³-hybridized carbons (Fsp3) is 0.714. The second-order valence-electron chi connectivity index (χ2n) is 7.80.